The van der Waals surface area contributed by atoms with Crippen molar-refractivity contribution < 1.29 is 18.0 Å². The molecule has 0 saturated heterocycles. The Labute approximate surface area is 166 Å². The third kappa shape index (κ3) is 4.34. The normalized spacial score (nSPS) is 14.2. The van der Waals surface area contributed by atoms with Gasteiger partial charge in [0.15, 0.2) is 15.0 Å². The zero-order valence-corrected chi connectivity index (χ0v) is 16.7. The summed E-state index contributed by atoms with van der Waals surface area (Å²) in [5, 5.41) is 6.10. The molecule has 1 aromatic heterocycles. The number of hydrogen-bond acceptors (Lipinski definition) is 7. The highest BCUT2D eigenvalue weighted by molar-refractivity contribution is 7.90. The number of benzene rings is 1. The number of sulfone groups is 1. The molecule has 1 N–H and O–H groups in total. The van der Waals surface area contributed by atoms with E-state index in [-0.39, 0.29) is 41.8 Å². The van der Waals surface area contributed by atoms with Crippen molar-refractivity contribution in [1.29, 1.82) is 0 Å². The zero-order chi connectivity index (χ0) is 20.3. The van der Waals surface area contributed by atoms with Gasteiger partial charge in [-0.1, -0.05) is 18.2 Å². The first-order valence-electron chi connectivity index (χ1n) is 8.34. The minimum atomic E-state index is -3.27. The van der Waals surface area contributed by atoms with Gasteiger partial charge in [0, 0.05) is 36.6 Å². The van der Waals surface area contributed by atoms with E-state index in [1.165, 1.54) is 28.4 Å². The maximum atomic E-state index is 12.8. The Morgan fingerprint density at radius 1 is 1.32 bits per heavy atom. The van der Waals surface area contributed by atoms with Crippen molar-refractivity contribution in [2.75, 3.05) is 17.7 Å². The van der Waals surface area contributed by atoms with Crippen molar-refractivity contribution in [2.24, 2.45) is 5.10 Å². The molecule has 2 heterocycles. The lowest BCUT2D eigenvalue weighted by atomic mass is 10.1. The molecule has 0 saturated carbocycles. The van der Waals surface area contributed by atoms with Crippen molar-refractivity contribution in [3.8, 4) is 11.3 Å². The maximum Gasteiger partial charge on any atom is 0.276 e. The van der Waals surface area contributed by atoms with E-state index in [1.807, 2.05) is 0 Å². The average Bonchev–Trinajstić information content (AvgIpc) is 3.15. The molecule has 28 heavy (non-hydrogen) atoms. The molecule has 10 heteroatoms. The molecular weight excluding hydrogens is 400 g/mol. The number of carbonyl (C=O) groups excluding carboxylic acids is 2. The zero-order valence-electron chi connectivity index (χ0n) is 15.1. The standard InChI is InChI=1S/C18H18N4O4S2/c1-3-10-22(17(24)14-8-9-16(23)21-20-14)18-19-15(11-27-18)12-4-6-13(7-5-12)28(2,25)26/h3-7,11H,1,8-10H2,2H3,(H,21,23). The summed E-state index contributed by atoms with van der Waals surface area (Å²) < 4.78 is 23.2. The number of nitrogens with one attached hydrogen (secondary N) is 1. The van der Waals surface area contributed by atoms with E-state index in [2.05, 4.69) is 22.1 Å². The maximum absolute atomic E-state index is 12.8. The van der Waals surface area contributed by atoms with Gasteiger partial charge < -0.3 is 0 Å². The van der Waals surface area contributed by atoms with Crippen LogP contribution in [0.5, 0.6) is 0 Å². The van der Waals surface area contributed by atoms with E-state index in [0.717, 1.165) is 11.8 Å². The summed E-state index contributed by atoms with van der Waals surface area (Å²) in [6, 6.07) is 6.40. The average molecular weight is 419 g/mol. The third-order valence-electron chi connectivity index (χ3n) is 4.01. The molecule has 0 radical (unpaired) electrons. The Morgan fingerprint density at radius 3 is 2.61 bits per heavy atom. The molecule has 1 aliphatic heterocycles. The minimum absolute atomic E-state index is 0.211. The van der Waals surface area contributed by atoms with Gasteiger partial charge in [-0.3, -0.25) is 14.5 Å². The number of nitrogens with zero attached hydrogens (tertiary/aromatic N) is 3. The van der Waals surface area contributed by atoms with Gasteiger partial charge in [-0.25, -0.2) is 18.8 Å². The summed E-state index contributed by atoms with van der Waals surface area (Å²) in [5.74, 6) is -0.561. The van der Waals surface area contributed by atoms with Crippen LogP contribution in [-0.2, 0) is 19.4 Å². The Bertz CT molecular complexity index is 1060. The summed E-state index contributed by atoms with van der Waals surface area (Å²) >= 11 is 1.28. The predicted molar refractivity (Wildman–Crippen MR) is 108 cm³/mol. The van der Waals surface area contributed by atoms with Gasteiger partial charge in [-0.05, 0) is 12.1 Å². The molecule has 0 unspecified atom stereocenters. The number of thiazole rings is 1. The monoisotopic (exact) mass is 418 g/mol. The topological polar surface area (TPSA) is 109 Å². The highest BCUT2D eigenvalue weighted by atomic mass is 32.2. The molecule has 0 spiro atoms. The van der Waals surface area contributed by atoms with E-state index >= 15 is 0 Å². The Balaban J connectivity index is 1.86. The van der Waals surface area contributed by atoms with Crippen molar-refractivity contribution >= 4 is 43.8 Å². The van der Waals surface area contributed by atoms with Gasteiger partial charge in [0.25, 0.3) is 5.91 Å². The molecule has 1 aliphatic rings. The minimum Gasteiger partial charge on any atom is -0.279 e. The summed E-state index contributed by atoms with van der Waals surface area (Å²) in [4.78, 5) is 30.2. The second kappa shape index (κ2) is 8.03. The molecule has 0 atom stereocenters. The highest BCUT2D eigenvalue weighted by Gasteiger charge is 2.26. The van der Waals surface area contributed by atoms with E-state index in [4.69, 9.17) is 0 Å². The van der Waals surface area contributed by atoms with E-state index in [1.54, 1.807) is 23.6 Å². The van der Waals surface area contributed by atoms with Gasteiger partial charge in [0.05, 0.1) is 10.6 Å². The predicted octanol–water partition coefficient (Wildman–Crippen LogP) is 2.00. The Morgan fingerprint density at radius 2 is 2.04 bits per heavy atom. The Hall–Kier alpha value is -2.85. The van der Waals surface area contributed by atoms with Crippen LogP contribution in [0.2, 0.25) is 0 Å². The van der Waals surface area contributed by atoms with E-state index in [0.29, 0.717) is 10.8 Å². The van der Waals surface area contributed by atoms with Crippen LogP contribution in [0.25, 0.3) is 11.3 Å². The highest BCUT2D eigenvalue weighted by Crippen LogP contribution is 2.28. The van der Waals surface area contributed by atoms with Crippen molar-refractivity contribution in [3.63, 3.8) is 0 Å². The summed E-state index contributed by atoms with van der Waals surface area (Å²) in [6.45, 7) is 3.92. The van der Waals surface area contributed by atoms with Gasteiger partial charge >= 0.3 is 0 Å². The van der Waals surface area contributed by atoms with E-state index < -0.39 is 9.84 Å². The second-order valence-corrected chi connectivity index (χ2v) is 8.96. The molecule has 8 nitrogen and oxygen atoms in total. The first-order valence-corrected chi connectivity index (χ1v) is 11.1. The van der Waals surface area contributed by atoms with Crippen LogP contribution in [0.4, 0.5) is 5.13 Å². The van der Waals surface area contributed by atoms with Crippen molar-refractivity contribution in [1.82, 2.24) is 10.4 Å². The number of hydrogen-bond donors (Lipinski definition) is 1. The van der Waals surface area contributed by atoms with Crippen LogP contribution in [0.1, 0.15) is 12.8 Å². The lowest BCUT2D eigenvalue weighted by Gasteiger charge is -2.20. The summed E-state index contributed by atoms with van der Waals surface area (Å²) in [6.07, 6.45) is 3.21. The fraction of sp³-hybridized carbons (Fsp3) is 0.222. The quantitative estimate of drug-likeness (QED) is 0.722. The molecule has 0 bridgehead atoms. The van der Waals surface area contributed by atoms with Crippen molar-refractivity contribution in [2.45, 2.75) is 17.7 Å². The molecule has 0 fully saturated rings. The molecule has 2 amide bonds. The van der Waals surface area contributed by atoms with Crippen LogP contribution in [0, 0.1) is 0 Å². The summed E-state index contributed by atoms with van der Waals surface area (Å²) in [7, 11) is -3.27. The number of rotatable bonds is 6. The molecule has 146 valence electrons. The van der Waals surface area contributed by atoms with Crippen LogP contribution in [-0.4, -0.2) is 43.7 Å². The van der Waals surface area contributed by atoms with Gasteiger partial charge in [0.1, 0.15) is 5.71 Å². The lowest BCUT2D eigenvalue weighted by molar-refractivity contribution is -0.121. The largest absolute Gasteiger partial charge is 0.279 e. The fourth-order valence-electron chi connectivity index (χ4n) is 2.55. The first-order chi connectivity index (χ1) is 13.3. The number of hydrazone groups is 1. The molecule has 2 aromatic rings. The van der Waals surface area contributed by atoms with Crippen LogP contribution in [0.3, 0.4) is 0 Å². The van der Waals surface area contributed by atoms with Crippen LogP contribution in [0.15, 0.2) is 52.3 Å². The SMILES string of the molecule is C=CCN(C(=O)C1=NNC(=O)CC1)c1nc(-c2ccc(S(C)(=O)=O)cc2)cs1. The molecular formula is C18H18N4O4S2. The molecule has 1 aromatic carbocycles. The number of anilines is 1. The fourth-order valence-corrected chi connectivity index (χ4v) is 4.03. The van der Waals surface area contributed by atoms with Gasteiger partial charge in [-0.15, -0.1) is 17.9 Å². The third-order valence-corrected chi connectivity index (χ3v) is 6.00. The molecule has 0 aliphatic carbocycles. The van der Waals surface area contributed by atoms with Gasteiger partial charge in [0.2, 0.25) is 5.91 Å². The van der Waals surface area contributed by atoms with E-state index in [9.17, 15) is 18.0 Å². The van der Waals surface area contributed by atoms with Crippen LogP contribution < -0.4 is 10.3 Å². The second-order valence-electron chi connectivity index (χ2n) is 6.11. The number of carbonyl (C=O) groups is 2. The summed E-state index contributed by atoms with van der Waals surface area (Å²) in [5.41, 5.74) is 3.94. The smallest absolute Gasteiger partial charge is 0.276 e. The van der Waals surface area contributed by atoms with Gasteiger partial charge in [-0.2, -0.15) is 5.10 Å². The number of amides is 2. The van der Waals surface area contributed by atoms with Crippen molar-refractivity contribution in [3.05, 3.63) is 42.3 Å². The lowest BCUT2D eigenvalue weighted by Crippen LogP contribution is -2.40. The van der Waals surface area contributed by atoms with Crippen LogP contribution >= 0.6 is 11.3 Å². The first kappa shape index (κ1) is 19.9. The molecule has 3 rings (SSSR count). The number of aromatic nitrogens is 1. The Kier molecular flexibility index (Phi) is 5.71.